The highest BCUT2D eigenvalue weighted by atomic mass is 19.2. The fourth-order valence-electron chi connectivity index (χ4n) is 4.33. The molecule has 0 unspecified atom stereocenters. The number of likely N-dealkylation sites (N-methyl/N-ethyl adjacent to an activating group) is 1. The molecule has 2 heterocycles. The number of fused-ring (bicyclic) bond motifs is 1. The molecule has 2 aliphatic rings. The Morgan fingerprint density at radius 1 is 1.23 bits per heavy atom. The van der Waals surface area contributed by atoms with Crippen LogP contribution in [0.15, 0.2) is 12.1 Å². The van der Waals surface area contributed by atoms with Gasteiger partial charge in [-0.2, -0.15) is 0 Å². The number of aromatic nitrogens is 2. The zero-order valence-electron chi connectivity index (χ0n) is 17.9. The molecule has 1 atom stereocenters. The molecule has 166 valence electrons. The van der Waals surface area contributed by atoms with Crippen molar-refractivity contribution < 1.29 is 22.7 Å². The Labute approximate surface area is 178 Å². The molecule has 9 heteroatoms. The molecule has 1 saturated carbocycles. The van der Waals surface area contributed by atoms with Crippen LogP contribution in [0.3, 0.4) is 0 Å². The molecule has 1 aliphatic carbocycles. The summed E-state index contributed by atoms with van der Waals surface area (Å²) in [6.07, 6.45) is 2.17. The Balaban J connectivity index is 1.38. The zero-order valence-corrected chi connectivity index (χ0v) is 17.9. The van der Waals surface area contributed by atoms with E-state index in [0.29, 0.717) is 29.7 Å². The number of amides is 1. The van der Waals surface area contributed by atoms with Crippen molar-refractivity contribution in [2.24, 2.45) is 5.92 Å². The molecule has 1 N–H and O–H groups in total. The number of halogens is 3. The van der Waals surface area contributed by atoms with Crippen molar-refractivity contribution in [3.05, 3.63) is 46.7 Å². The summed E-state index contributed by atoms with van der Waals surface area (Å²) in [6.45, 7) is 5.63. The first-order chi connectivity index (χ1) is 14.6. The quantitative estimate of drug-likeness (QED) is 0.723. The summed E-state index contributed by atoms with van der Waals surface area (Å²) in [7, 11) is 1.84. The first kappa shape index (κ1) is 21.5. The summed E-state index contributed by atoms with van der Waals surface area (Å²) < 4.78 is 45.7. The van der Waals surface area contributed by atoms with Crippen LogP contribution in [0.5, 0.6) is 0 Å². The van der Waals surface area contributed by atoms with Gasteiger partial charge in [0, 0.05) is 13.5 Å². The monoisotopic (exact) mass is 434 g/mol. The van der Waals surface area contributed by atoms with Crippen molar-refractivity contribution in [1.29, 1.82) is 0 Å². The summed E-state index contributed by atoms with van der Waals surface area (Å²) >= 11 is 0. The standard InChI is InChI=1S/C22H25F3N4O2/c1-11-19-20(29(4)12(2)21(30)28-19)27-17(26-11)7-14-8-22(3,9-14)31-10-13-5-15(23)18(25)16(24)6-13/h5-6,12,14H,7-10H2,1-4H3,(H,28,30)/t12-,14?,22?/m0/s1. The van der Waals surface area contributed by atoms with Crippen molar-refractivity contribution in [3.8, 4) is 0 Å². The Bertz CT molecular complexity index is 1020. The third kappa shape index (κ3) is 4.11. The topological polar surface area (TPSA) is 67.4 Å². The average molecular weight is 434 g/mol. The van der Waals surface area contributed by atoms with Crippen LogP contribution in [-0.4, -0.2) is 34.6 Å². The second-order valence-corrected chi connectivity index (χ2v) is 8.79. The van der Waals surface area contributed by atoms with Crippen molar-refractivity contribution in [2.75, 3.05) is 17.3 Å². The van der Waals surface area contributed by atoms with Gasteiger partial charge in [0.15, 0.2) is 23.3 Å². The molecular weight excluding hydrogens is 409 g/mol. The van der Waals surface area contributed by atoms with Crippen LogP contribution in [0.2, 0.25) is 0 Å². The van der Waals surface area contributed by atoms with Gasteiger partial charge < -0.3 is 15.0 Å². The Hall–Kier alpha value is -2.68. The van der Waals surface area contributed by atoms with E-state index in [1.807, 2.05) is 32.7 Å². The molecule has 0 bridgehead atoms. The van der Waals surface area contributed by atoms with Crippen LogP contribution in [0.4, 0.5) is 24.7 Å². The number of rotatable bonds is 5. The van der Waals surface area contributed by atoms with Crippen LogP contribution < -0.4 is 10.2 Å². The lowest BCUT2D eigenvalue weighted by molar-refractivity contribution is -0.124. The number of ether oxygens (including phenoxy) is 1. The van der Waals surface area contributed by atoms with Crippen LogP contribution in [-0.2, 0) is 22.6 Å². The van der Waals surface area contributed by atoms with Gasteiger partial charge in [0.2, 0.25) is 5.91 Å². The molecule has 6 nitrogen and oxygen atoms in total. The molecule has 4 rings (SSSR count). The fourth-order valence-corrected chi connectivity index (χ4v) is 4.33. The minimum atomic E-state index is -1.47. The fraction of sp³-hybridized carbons (Fsp3) is 0.500. The molecule has 0 spiro atoms. The largest absolute Gasteiger partial charge is 0.371 e. The summed E-state index contributed by atoms with van der Waals surface area (Å²) in [6, 6.07) is 1.60. The van der Waals surface area contributed by atoms with Gasteiger partial charge in [-0.25, -0.2) is 23.1 Å². The normalized spacial score (nSPS) is 25.1. The maximum Gasteiger partial charge on any atom is 0.246 e. The van der Waals surface area contributed by atoms with Gasteiger partial charge in [-0.1, -0.05) is 0 Å². The van der Waals surface area contributed by atoms with E-state index in [1.54, 1.807) is 0 Å². The molecule has 0 radical (unpaired) electrons. The first-order valence-electron chi connectivity index (χ1n) is 10.2. The first-order valence-corrected chi connectivity index (χ1v) is 10.2. The molecule has 0 saturated heterocycles. The lowest BCUT2D eigenvalue weighted by atomic mass is 9.70. The predicted molar refractivity (Wildman–Crippen MR) is 109 cm³/mol. The maximum atomic E-state index is 13.4. The Morgan fingerprint density at radius 2 is 1.87 bits per heavy atom. The Morgan fingerprint density at radius 3 is 2.52 bits per heavy atom. The van der Waals surface area contributed by atoms with E-state index in [0.717, 1.165) is 30.7 Å². The van der Waals surface area contributed by atoms with E-state index >= 15 is 0 Å². The van der Waals surface area contributed by atoms with Crippen LogP contribution >= 0.6 is 0 Å². The number of carbonyl (C=O) groups excluding carboxylic acids is 1. The number of aryl methyl sites for hydroxylation is 1. The van der Waals surface area contributed by atoms with Gasteiger partial charge in [0.1, 0.15) is 17.6 Å². The molecule has 31 heavy (non-hydrogen) atoms. The number of benzene rings is 1. The molecule has 2 aromatic rings. The number of nitrogens with zero attached hydrogens (tertiary/aromatic N) is 3. The van der Waals surface area contributed by atoms with Crippen molar-refractivity contribution in [1.82, 2.24) is 9.97 Å². The molecule has 1 amide bonds. The average Bonchev–Trinajstić information content (AvgIpc) is 2.68. The van der Waals surface area contributed by atoms with Gasteiger partial charge in [0.25, 0.3) is 0 Å². The molecule has 1 aromatic carbocycles. The van der Waals surface area contributed by atoms with Crippen LogP contribution in [0, 0.1) is 30.3 Å². The molecule has 1 aliphatic heterocycles. The summed E-state index contributed by atoms with van der Waals surface area (Å²) in [5.74, 6) is -2.25. The van der Waals surface area contributed by atoms with Crippen LogP contribution in [0.1, 0.15) is 43.8 Å². The number of carbonyl (C=O) groups is 1. The maximum absolute atomic E-state index is 13.4. The number of nitrogens with one attached hydrogen (secondary N) is 1. The lowest BCUT2D eigenvalue weighted by Crippen LogP contribution is -2.45. The van der Waals surface area contributed by atoms with E-state index in [4.69, 9.17) is 4.74 Å². The summed E-state index contributed by atoms with van der Waals surface area (Å²) in [5.41, 5.74) is 1.21. The third-order valence-electron chi connectivity index (χ3n) is 6.20. The van der Waals surface area contributed by atoms with E-state index in [2.05, 4.69) is 15.3 Å². The molecule has 1 aromatic heterocycles. The number of hydrogen-bond acceptors (Lipinski definition) is 5. The van der Waals surface area contributed by atoms with E-state index in [9.17, 15) is 18.0 Å². The van der Waals surface area contributed by atoms with Crippen LogP contribution in [0.25, 0.3) is 0 Å². The predicted octanol–water partition coefficient (Wildman–Crippen LogP) is 3.91. The van der Waals surface area contributed by atoms with Crippen molar-refractivity contribution in [3.63, 3.8) is 0 Å². The zero-order chi connectivity index (χ0) is 22.5. The van der Waals surface area contributed by atoms with E-state index < -0.39 is 23.1 Å². The second-order valence-electron chi connectivity index (χ2n) is 8.79. The summed E-state index contributed by atoms with van der Waals surface area (Å²) in [5, 5.41) is 2.87. The van der Waals surface area contributed by atoms with Crippen molar-refractivity contribution in [2.45, 2.75) is 58.3 Å². The highest BCUT2D eigenvalue weighted by Crippen LogP contribution is 2.43. The van der Waals surface area contributed by atoms with Gasteiger partial charge in [0.05, 0.1) is 17.9 Å². The van der Waals surface area contributed by atoms with E-state index in [1.165, 1.54) is 0 Å². The van der Waals surface area contributed by atoms with Gasteiger partial charge >= 0.3 is 0 Å². The highest BCUT2D eigenvalue weighted by molar-refractivity contribution is 6.02. The van der Waals surface area contributed by atoms with E-state index in [-0.39, 0.29) is 24.1 Å². The minimum Gasteiger partial charge on any atom is -0.371 e. The third-order valence-corrected chi connectivity index (χ3v) is 6.20. The SMILES string of the molecule is Cc1nc(CC2CC(C)(OCc3cc(F)c(F)c(F)c3)C2)nc2c1NC(=O)[C@H](C)N2C. The molecular formula is C22H25F3N4O2. The number of anilines is 2. The second kappa shape index (κ2) is 7.78. The highest BCUT2D eigenvalue weighted by Gasteiger charge is 2.42. The molecule has 1 fully saturated rings. The minimum absolute atomic E-state index is 0.00811. The van der Waals surface area contributed by atoms with Gasteiger partial charge in [-0.3, -0.25) is 4.79 Å². The van der Waals surface area contributed by atoms with Crippen molar-refractivity contribution >= 4 is 17.4 Å². The lowest BCUT2D eigenvalue weighted by Gasteiger charge is -2.45. The number of hydrogen-bond donors (Lipinski definition) is 1. The van der Waals surface area contributed by atoms with Gasteiger partial charge in [-0.15, -0.1) is 0 Å². The summed E-state index contributed by atoms with van der Waals surface area (Å²) in [4.78, 5) is 23.1. The smallest absolute Gasteiger partial charge is 0.246 e. The van der Waals surface area contributed by atoms with Gasteiger partial charge in [-0.05, 0) is 57.2 Å². The Kier molecular flexibility index (Phi) is 5.41.